The number of aromatic hydroxyl groups is 1. The maximum atomic E-state index is 12.5. The lowest BCUT2D eigenvalue weighted by atomic mass is 10.1. The Morgan fingerprint density at radius 2 is 1.39 bits per heavy atom. The number of aliphatic carboxylic acids is 2. The van der Waals surface area contributed by atoms with E-state index in [2.05, 4.69) is 28.6 Å². The van der Waals surface area contributed by atoms with Gasteiger partial charge in [-0.05, 0) is 17.7 Å². The average molecular weight is 487 g/mol. The summed E-state index contributed by atoms with van der Waals surface area (Å²) in [5.74, 6) is -5.81. The highest BCUT2D eigenvalue weighted by Crippen LogP contribution is 2.11. The number of carboxylic acid groups (broad SMARTS) is 2. The first kappa shape index (κ1) is 27.7. The molecule has 0 aliphatic heterocycles. The number of amides is 3. The molecule has 0 aliphatic rings. The molecule has 0 bridgehead atoms. The van der Waals surface area contributed by atoms with E-state index in [0.29, 0.717) is 5.56 Å². The maximum Gasteiger partial charge on any atom is 0.326 e. The second kappa shape index (κ2) is 13.2. The Labute approximate surface area is 193 Å². The van der Waals surface area contributed by atoms with E-state index in [1.54, 1.807) is 0 Å². The van der Waals surface area contributed by atoms with E-state index < -0.39 is 66.9 Å². The fraction of sp³-hybridized carbons (Fsp3) is 0.421. The first-order valence-corrected chi connectivity index (χ1v) is 10.2. The van der Waals surface area contributed by atoms with Crippen LogP contribution >= 0.6 is 12.6 Å². The molecule has 1 aromatic carbocycles. The lowest BCUT2D eigenvalue weighted by Crippen LogP contribution is -2.58. The number of carbonyl (C=O) groups excluding carboxylic acids is 3. The summed E-state index contributed by atoms with van der Waals surface area (Å²) in [5, 5.41) is 43.4. The Morgan fingerprint density at radius 3 is 1.88 bits per heavy atom. The largest absolute Gasteiger partial charge is 0.508 e. The van der Waals surface area contributed by atoms with Crippen LogP contribution in [0.15, 0.2) is 24.3 Å². The minimum atomic E-state index is -1.54. The number of phenolic OH excluding ortho intramolecular Hbond substituents is 1. The van der Waals surface area contributed by atoms with E-state index in [-0.39, 0.29) is 17.9 Å². The number of aliphatic hydroxyl groups is 1. The zero-order valence-corrected chi connectivity index (χ0v) is 18.2. The molecule has 1 aromatic rings. The molecule has 0 radical (unpaired) electrons. The zero-order valence-electron chi connectivity index (χ0n) is 17.3. The number of nitrogens with one attached hydrogen (secondary N) is 3. The van der Waals surface area contributed by atoms with Gasteiger partial charge in [0, 0.05) is 12.2 Å². The van der Waals surface area contributed by atoms with Crippen LogP contribution in [0.2, 0.25) is 0 Å². The molecule has 0 aromatic heterocycles. The van der Waals surface area contributed by atoms with Crippen molar-refractivity contribution in [2.24, 2.45) is 5.73 Å². The quantitative estimate of drug-likeness (QED) is 0.130. The summed E-state index contributed by atoms with van der Waals surface area (Å²) >= 11 is 3.97. The number of carboxylic acids is 2. The third-order valence-corrected chi connectivity index (χ3v) is 4.72. The van der Waals surface area contributed by atoms with Crippen LogP contribution in [0, 0.1) is 0 Å². The lowest BCUT2D eigenvalue weighted by molar-refractivity contribution is -0.142. The predicted octanol–water partition coefficient (Wildman–Crippen LogP) is -2.80. The number of hydrogen-bond donors (Lipinski definition) is 9. The highest BCUT2D eigenvalue weighted by molar-refractivity contribution is 7.80. The van der Waals surface area contributed by atoms with E-state index in [1.165, 1.54) is 24.3 Å². The first-order chi connectivity index (χ1) is 15.5. The van der Waals surface area contributed by atoms with Crippen LogP contribution in [0.5, 0.6) is 5.75 Å². The number of thiol groups is 1. The molecule has 4 unspecified atom stereocenters. The summed E-state index contributed by atoms with van der Waals surface area (Å²) < 4.78 is 0. The van der Waals surface area contributed by atoms with Crippen molar-refractivity contribution in [1.82, 2.24) is 16.0 Å². The number of benzene rings is 1. The summed E-state index contributed by atoms with van der Waals surface area (Å²) in [5.41, 5.74) is 5.92. The van der Waals surface area contributed by atoms with Crippen LogP contribution in [0.1, 0.15) is 12.0 Å². The number of rotatable bonds is 13. The van der Waals surface area contributed by atoms with Crippen molar-refractivity contribution in [3.8, 4) is 5.75 Å². The molecule has 0 saturated heterocycles. The van der Waals surface area contributed by atoms with Gasteiger partial charge in [0.15, 0.2) is 0 Å². The number of hydrogen-bond acceptors (Lipinski definition) is 9. The van der Waals surface area contributed by atoms with Crippen LogP contribution in [0.3, 0.4) is 0 Å². The molecule has 0 fully saturated rings. The van der Waals surface area contributed by atoms with E-state index in [0.717, 1.165) is 0 Å². The van der Waals surface area contributed by atoms with Crippen molar-refractivity contribution in [3.63, 3.8) is 0 Å². The molecule has 9 N–H and O–H groups in total. The number of carbonyl (C=O) groups is 5. The average Bonchev–Trinajstić information content (AvgIpc) is 2.75. The van der Waals surface area contributed by atoms with Crippen LogP contribution in [-0.2, 0) is 30.4 Å². The molecule has 1 rings (SSSR count). The van der Waals surface area contributed by atoms with Crippen molar-refractivity contribution in [3.05, 3.63) is 29.8 Å². The molecule has 0 aliphatic carbocycles. The Morgan fingerprint density at radius 1 is 0.879 bits per heavy atom. The van der Waals surface area contributed by atoms with Gasteiger partial charge in [-0.2, -0.15) is 12.6 Å². The van der Waals surface area contributed by atoms with Gasteiger partial charge in [-0.1, -0.05) is 12.1 Å². The summed E-state index contributed by atoms with van der Waals surface area (Å²) in [7, 11) is 0. The number of phenols is 1. The summed E-state index contributed by atoms with van der Waals surface area (Å²) in [6, 6.07) is 0.00332. The van der Waals surface area contributed by atoms with Crippen molar-refractivity contribution in [2.45, 2.75) is 37.0 Å². The smallest absolute Gasteiger partial charge is 0.326 e. The molecule has 33 heavy (non-hydrogen) atoms. The predicted molar refractivity (Wildman–Crippen MR) is 116 cm³/mol. The Hall–Kier alpha value is -3.36. The van der Waals surface area contributed by atoms with Crippen molar-refractivity contribution in [1.29, 1.82) is 0 Å². The normalized spacial score (nSPS) is 14.3. The molecule has 0 heterocycles. The van der Waals surface area contributed by atoms with E-state index >= 15 is 0 Å². The third kappa shape index (κ3) is 9.34. The Bertz CT molecular complexity index is 865. The van der Waals surface area contributed by atoms with E-state index in [1.807, 2.05) is 0 Å². The molecule has 0 spiro atoms. The van der Waals surface area contributed by atoms with E-state index in [9.17, 15) is 39.3 Å². The van der Waals surface area contributed by atoms with Gasteiger partial charge >= 0.3 is 11.9 Å². The molecule has 14 heteroatoms. The summed E-state index contributed by atoms with van der Waals surface area (Å²) in [6.45, 7) is -0.878. The maximum absolute atomic E-state index is 12.5. The topological polar surface area (TPSA) is 228 Å². The van der Waals surface area contributed by atoms with Crippen LogP contribution in [0.4, 0.5) is 0 Å². The standard InChI is InChI=1S/C19H26N4O9S/c20-11(6-15(26)27)16(28)22-13(7-24)17(29)23-14(8-33)18(30)21-12(19(31)32)5-9-1-3-10(25)4-2-9/h1-4,11-14,24-25,33H,5-8,20H2,(H,21,30)(H,22,28)(H,23,29)(H,26,27)(H,31,32). The van der Waals surface area contributed by atoms with Gasteiger partial charge in [0.1, 0.15) is 23.9 Å². The van der Waals surface area contributed by atoms with Crippen LogP contribution < -0.4 is 21.7 Å². The van der Waals surface area contributed by atoms with Gasteiger partial charge in [-0.25, -0.2) is 4.79 Å². The lowest BCUT2D eigenvalue weighted by Gasteiger charge is -2.23. The SMILES string of the molecule is NC(CC(=O)O)C(=O)NC(CO)C(=O)NC(CS)C(=O)NC(Cc1ccc(O)cc1)C(=O)O. The molecule has 0 saturated carbocycles. The molecule has 182 valence electrons. The minimum Gasteiger partial charge on any atom is -0.508 e. The third-order valence-electron chi connectivity index (χ3n) is 4.35. The number of aliphatic hydroxyl groups excluding tert-OH is 1. The van der Waals surface area contributed by atoms with Crippen molar-refractivity contribution >= 4 is 42.3 Å². The Balaban J connectivity index is 2.78. The fourth-order valence-electron chi connectivity index (χ4n) is 2.56. The molecular weight excluding hydrogens is 460 g/mol. The molecular formula is C19H26N4O9S. The van der Waals surface area contributed by atoms with Crippen molar-refractivity contribution < 1.29 is 44.4 Å². The molecule has 3 amide bonds. The molecule has 4 atom stereocenters. The highest BCUT2D eigenvalue weighted by atomic mass is 32.1. The second-order valence-corrected chi connectivity index (χ2v) is 7.33. The first-order valence-electron chi connectivity index (χ1n) is 9.59. The number of nitrogens with two attached hydrogens (primary N) is 1. The van der Waals surface area contributed by atoms with Gasteiger partial charge in [0.25, 0.3) is 0 Å². The monoisotopic (exact) mass is 486 g/mol. The molecule has 13 nitrogen and oxygen atoms in total. The van der Waals surface area contributed by atoms with E-state index in [4.69, 9.17) is 10.8 Å². The second-order valence-electron chi connectivity index (χ2n) is 6.96. The summed E-state index contributed by atoms with van der Waals surface area (Å²) in [6.07, 6.45) is -0.809. The van der Waals surface area contributed by atoms with Gasteiger partial charge < -0.3 is 42.1 Å². The van der Waals surface area contributed by atoms with Gasteiger partial charge in [0.05, 0.1) is 19.1 Å². The fourth-order valence-corrected chi connectivity index (χ4v) is 2.82. The summed E-state index contributed by atoms with van der Waals surface area (Å²) in [4.78, 5) is 59.0. The Kier molecular flexibility index (Phi) is 11.1. The van der Waals surface area contributed by atoms with Gasteiger partial charge in [0.2, 0.25) is 17.7 Å². The van der Waals surface area contributed by atoms with Gasteiger partial charge in [-0.15, -0.1) is 0 Å². The minimum absolute atomic E-state index is 0.0121. The van der Waals surface area contributed by atoms with Gasteiger partial charge in [-0.3, -0.25) is 19.2 Å². The van der Waals surface area contributed by atoms with Crippen molar-refractivity contribution in [2.75, 3.05) is 12.4 Å². The highest BCUT2D eigenvalue weighted by Gasteiger charge is 2.30. The van der Waals surface area contributed by atoms with Crippen LogP contribution in [-0.4, -0.2) is 86.6 Å². The van der Waals surface area contributed by atoms with Crippen LogP contribution in [0.25, 0.3) is 0 Å². The zero-order chi connectivity index (χ0) is 25.1.